The van der Waals surface area contributed by atoms with E-state index in [1.807, 2.05) is 12.1 Å². The molecular weight excluding hydrogens is 220 g/mol. The van der Waals surface area contributed by atoms with E-state index in [-0.39, 0.29) is 11.7 Å². The Morgan fingerprint density at radius 2 is 2.29 bits per heavy atom. The summed E-state index contributed by atoms with van der Waals surface area (Å²) < 4.78 is 4.66. The number of hydrogen-bond acceptors (Lipinski definition) is 3. The molecule has 0 bridgehead atoms. The van der Waals surface area contributed by atoms with Gasteiger partial charge < -0.3 is 14.6 Å². The molecule has 0 unspecified atom stereocenters. The highest BCUT2D eigenvalue weighted by Crippen LogP contribution is 2.20. The van der Waals surface area contributed by atoms with E-state index in [1.54, 1.807) is 18.0 Å². The van der Waals surface area contributed by atoms with Crippen molar-refractivity contribution in [2.45, 2.75) is 6.92 Å². The Morgan fingerprint density at radius 3 is 2.94 bits per heavy atom. The van der Waals surface area contributed by atoms with Gasteiger partial charge in [0.2, 0.25) is 0 Å². The molecule has 0 aromatic carbocycles. The minimum Gasteiger partial charge on any atom is -0.453 e. The van der Waals surface area contributed by atoms with Crippen LogP contribution in [0.3, 0.4) is 0 Å². The van der Waals surface area contributed by atoms with Crippen LogP contribution in [0.15, 0.2) is 23.1 Å². The van der Waals surface area contributed by atoms with E-state index in [0.717, 1.165) is 11.1 Å². The number of amides is 1. The predicted octanol–water partition coefficient (Wildman–Crippen LogP) is 1.15. The van der Waals surface area contributed by atoms with Crippen LogP contribution < -0.4 is 5.56 Å². The Kier molecular flexibility index (Phi) is 2.99. The maximum atomic E-state index is 11.3. The first kappa shape index (κ1) is 11.4. The maximum absolute atomic E-state index is 11.3. The summed E-state index contributed by atoms with van der Waals surface area (Å²) in [6.45, 7) is 2.81. The van der Waals surface area contributed by atoms with Gasteiger partial charge in [-0.3, -0.25) is 4.79 Å². The van der Waals surface area contributed by atoms with E-state index < -0.39 is 0 Å². The molecule has 0 aliphatic carbocycles. The lowest BCUT2D eigenvalue weighted by Gasteiger charge is -2.14. The molecule has 1 aliphatic rings. The topological polar surface area (TPSA) is 62.4 Å². The summed E-state index contributed by atoms with van der Waals surface area (Å²) >= 11 is 0. The van der Waals surface area contributed by atoms with Crippen LogP contribution in [-0.2, 0) is 4.74 Å². The minimum absolute atomic E-state index is 0.0860. The molecule has 17 heavy (non-hydrogen) atoms. The Bertz CT molecular complexity index is 531. The fourth-order valence-corrected chi connectivity index (χ4v) is 1.82. The predicted molar refractivity (Wildman–Crippen MR) is 63.8 cm³/mol. The second kappa shape index (κ2) is 4.45. The number of aromatic amines is 1. The lowest BCUT2D eigenvalue weighted by molar-refractivity contribution is 0.135. The van der Waals surface area contributed by atoms with E-state index in [9.17, 15) is 9.59 Å². The fourth-order valence-electron chi connectivity index (χ4n) is 1.82. The van der Waals surface area contributed by atoms with Gasteiger partial charge in [-0.05, 0) is 24.1 Å². The number of methoxy groups -OCH3 is 1. The van der Waals surface area contributed by atoms with Crippen LogP contribution in [0.25, 0.3) is 5.57 Å². The quantitative estimate of drug-likeness (QED) is 0.792. The second-order valence-corrected chi connectivity index (χ2v) is 3.98. The van der Waals surface area contributed by atoms with Crippen molar-refractivity contribution in [3.63, 3.8) is 0 Å². The van der Waals surface area contributed by atoms with Gasteiger partial charge in [0.1, 0.15) is 0 Å². The lowest BCUT2D eigenvalue weighted by atomic mass is 10.1. The third-order valence-electron chi connectivity index (χ3n) is 2.81. The van der Waals surface area contributed by atoms with Gasteiger partial charge in [-0.1, -0.05) is 6.08 Å². The number of rotatable bonds is 1. The van der Waals surface area contributed by atoms with Crippen molar-refractivity contribution in [2.24, 2.45) is 0 Å². The normalized spacial score (nSPS) is 14.7. The SMILES string of the molecule is COC(=O)N1CC=C(c2c[nH]c(=O)c(C)c2)C1. The number of nitrogens with one attached hydrogen (secondary N) is 1. The van der Waals surface area contributed by atoms with E-state index in [0.29, 0.717) is 18.7 Å². The van der Waals surface area contributed by atoms with Crippen molar-refractivity contribution >= 4 is 11.7 Å². The third-order valence-corrected chi connectivity index (χ3v) is 2.81. The molecule has 1 N–H and O–H groups in total. The van der Waals surface area contributed by atoms with Crippen LogP contribution in [0.2, 0.25) is 0 Å². The molecule has 1 amide bonds. The molecule has 0 spiro atoms. The zero-order chi connectivity index (χ0) is 12.4. The Labute approximate surface area is 98.7 Å². The number of aryl methyl sites for hydroxylation is 1. The van der Waals surface area contributed by atoms with Gasteiger partial charge in [0.15, 0.2) is 0 Å². The summed E-state index contributed by atoms with van der Waals surface area (Å²) in [6, 6.07) is 1.82. The van der Waals surface area contributed by atoms with Gasteiger partial charge in [0.25, 0.3) is 5.56 Å². The van der Waals surface area contributed by atoms with Gasteiger partial charge in [-0.15, -0.1) is 0 Å². The number of pyridine rings is 1. The van der Waals surface area contributed by atoms with Crippen molar-refractivity contribution in [3.8, 4) is 0 Å². The van der Waals surface area contributed by atoms with Gasteiger partial charge in [-0.2, -0.15) is 0 Å². The summed E-state index contributed by atoms with van der Waals surface area (Å²) in [6.07, 6.45) is 3.30. The number of aromatic nitrogens is 1. The molecule has 5 nitrogen and oxygen atoms in total. The second-order valence-electron chi connectivity index (χ2n) is 3.98. The van der Waals surface area contributed by atoms with Crippen molar-refractivity contribution in [3.05, 3.63) is 39.8 Å². The number of nitrogens with zero attached hydrogens (tertiary/aromatic N) is 1. The summed E-state index contributed by atoms with van der Waals surface area (Å²) in [5.74, 6) is 0. The summed E-state index contributed by atoms with van der Waals surface area (Å²) in [4.78, 5) is 26.8. The highest BCUT2D eigenvalue weighted by atomic mass is 16.5. The van der Waals surface area contributed by atoms with Gasteiger partial charge >= 0.3 is 6.09 Å². The maximum Gasteiger partial charge on any atom is 0.410 e. The monoisotopic (exact) mass is 234 g/mol. The molecule has 0 fully saturated rings. The molecule has 0 atom stereocenters. The van der Waals surface area contributed by atoms with Crippen molar-refractivity contribution in [1.82, 2.24) is 9.88 Å². The van der Waals surface area contributed by atoms with E-state index in [4.69, 9.17) is 0 Å². The number of H-pyrrole nitrogens is 1. The highest BCUT2D eigenvalue weighted by molar-refractivity contribution is 5.77. The van der Waals surface area contributed by atoms with Crippen LogP contribution >= 0.6 is 0 Å². The van der Waals surface area contributed by atoms with Crippen molar-refractivity contribution in [1.29, 1.82) is 0 Å². The zero-order valence-electron chi connectivity index (χ0n) is 9.82. The molecule has 0 saturated heterocycles. The van der Waals surface area contributed by atoms with Crippen LogP contribution in [0.1, 0.15) is 11.1 Å². The third kappa shape index (κ3) is 2.22. The van der Waals surface area contributed by atoms with Gasteiger partial charge in [0, 0.05) is 24.8 Å². The fraction of sp³-hybridized carbons (Fsp3) is 0.333. The molecule has 0 radical (unpaired) electrons. The van der Waals surface area contributed by atoms with Crippen molar-refractivity contribution < 1.29 is 9.53 Å². The lowest BCUT2D eigenvalue weighted by Crippen LogP contribution is -2.28. The number of ether oxygens (including phenoxy) is 1. The van der Waals surface area contributed by atoms with E-state index >= 15 is 0 Å². The molecule has 1 aromatic rings. The molecule has 1 aromatic heterocycles. The average Bonchev–Trinajstić information content (AvgIpc) is 2.81. The Morgan fingerprint density at radius 1 is 1.53 bits per heavy atom. The Balaban J connectivity index is 2.18. The average molecular weight is 234 g/mol. The van der Waals surface area contributed by atoms with Crippen molar-refractivity contribution in [2.75, 3.05) is 20.2 Å². The van der Waals surface area contributed by atoms with Gasteiger partial charge in [-0.25, -0.2) is 4.79 Å². The van der Waals surface area contributed by atoms with E-state index in [2.05, 4.69) is 9.72 Å². The molecule has 90 valence electrons. The number of carbonyl (C=O) groups excluding carboxylic acids is 1. The molecule has 2 rings (SSSR count). The first-order chi connectivity index (χ1) is 8.11. The zero-order valence-corrected chi connectivity index (χ0v) is 9.82. The first-order valence-electron chi connectivity index (χ1n) is 5.33. The van der Waals surface area contributed by atoms with Crippen LogP contribution in [-0.4, -0.2) is 36.2 Å². The van der Waals surface area contributed by atoms with Crippen LogP contribution in [0, 0.1) is 6.92 Å². The molecule has 5 heteroatoms. The number of hydrogen-bond donors (Lipinski definition) is 1. The van der Waals surface area contributed by atoms with Crippen LogP contribution in [0.5, 0.6) is 0 Å². The number of carbonyl (C=O) groups is 1. The van der Waals surface area contributed by atoms with Gasteiger partial charge in [0.05, 0.1) is 7.11 Å². The molecule has 2 heterocycles. The molecular formula is C12H14N2O3. The largest absolute Gasteiger partial charge is 0.453 e. The first-order valence-corrected chi connectivity index (χ1v) is 5.33. The van der Waals surface area contributed by atoms with E-state index in [1.165, 1.54) is 7.11 Å². The summed E-state index contributed by atoms with van der Waals surface area (Å²) in [5.41, 5.74) is 2.54. The molecule has 0 saturated carbocycles. The smallest absolute Gasteiger partial charge is 0.410 e. The van der Waals surface area contributed by atoms with Crippen LogP contribution in [0.4, 0.5) is 4.79 Å². The summed E-state index contributed by atoms with van der Waals surface area (Å²) in [5, 5.41) is 0. The molecule has 1 aliphatic heterocycles. The summed E-state index contributed by atoms with van der Waals surface area (Å²) in [7, 11) is 1.37. The standard InChI is InChI=1S/C12H14N2O3/c1-8-5-10(6-13-11(8)15)9-3-4-14(7-9)12(16)17-2/h3,5-6H,4,7H2,1-2H3,(H,13,15). The minimum atomic E-state index is -0.336. The Hall–Kier alpha value is -2.04. The highest BCUT2D eigenvalue weighted by Gasteiger charge is 2.20.